The molecule has 9 heteroatoms. The molecule has 0 radical (unpaired) electrons. The van der Waals surface area contributed by atoms with Crippen LogP contribution >= 0.6 is 0 Å². The van der Waals surface area contributed by atoms with Crippen LogP contribution in [0.5, 0.6) is 5.75 Å². The average Bonchev–Trinajstić information content (AvgIpc) is 3.20. The number of hydrogen-bond donors (Lipinski definition) is 2. The Bertz CT molecular complexity index is 1130. The van der Waals surface area contributed by atoms with E-state index in [-0.39, 0.29) is 17.5 Å². The molecule has 1 aliphatic heterocycles. The molecule has 0 saturated heterocycles. The fourth-order valence-corrected chi connectivity index (χ4v) is 3.65. The molecule has 1 aromatic heterocycles. The van der Waals surface area contributed by atoms with Gasteiger partial charge in [0.15, 0.2) is 0 Å². The summed E-state index contributed by atoms with van der Waals surface area (Å²) in [5.41, 5.74) is 2.47. The third-order valence-corrected chi connectivity index (χ3v) is 5.30. The molecule has 2 amide bonds. The molecule has 1 atom stereocenters. The van der Waals surface area contributed by atoms with E-state index >= 15 is 0 Å². The van der Waals surface area contributed by atoms with Crippen LogP contribution in [0.15, 0.2) is 42.5 Å². The second kappa shape index (κ2) is 8.55. The normalized spacial score (nSPS) is 15.9. The van der Waals surface area contributed by atoms with Gasteiger partial charge in [-0.3, -0.25) is 9.59 Å². The summed E-state index contributed by atoms with van der Waals surface area (Å²) in [4.78, 5) is 30.0. The minimum Gasteiger partial charge on any atom is -0.497 e. The summed E-state index contributed by atoms with van der Waals surface area (Å²) in [6.07, 6.45) is 1.39. The number of amides is 2. The van der Waals surface area contributed by atoms with E-state index in [1.54, 1.807) is 26.3 Å². The summed E-state index contributed by atoms with van der Waals surface area (Å²) < 4.78 is 18.6. The van der Waals surface area contributed by atoms with E-state index in [9.17, 15) is 14.0 Å². The largest absolute Gasteiger partial charge is 0.497 e. The highest BCUT2D eigenvalue weighted by Crippen LogP contribution is 2.30. The molecule has 0 spiro atoms. The number of benzene rings is 2. The number of aryl methyl sites for hydroxylation is 1. The van der Waals surface area contributed by atoms with Crippen molar-refractivity contribution in [3.8, 4) is 5.75 Å². The van der Waals surface area contributed by atoms with Gasteiger partial charge in [-0.05, 0) is 42.2 Å². The Balaban J connectivity index is 1.45. The molecule has 2 N–H and O–H groups in total. The highest BCUT2D eigenvalue weighted by atomic mass is 19.1. The van der Waals surface area contributed by atoms with Gasteiger partial charge < -0.3 is 19.9 Å². The molecule has 0 aliphatic carbocycles. The number of carbonyl (C=O) groups is 2. The maximum Gasteiger partial charge on any atom is 0.289 e. The number of fused-ring (bicyclic) bond motifs is 1. The van der Waals surface area contributed by atoms with Gasteiger partial charge in [0.1, 0.15) is 23.4 Å². The number of rotatable bonds is 5. The van der Waals surface area contributed by atoms with Gasteiger partial charge in [-0.15, -0.1) is 10.2 Å². The predicted octanol–water partition coefficient (Wildman–Crippen LogP) is 2.25. The smallest absolute Gasteiger partial charge is 0.289 e. The summed E-state index contributed by atoms with van der Waals surface area (Å²) in [5, 5.41) is 10.6. The number of likely N-dealkylation sites (N-methyl/N-ethyl adjacent to an activating group) is 1. The highest BCUT2D eigenvalue weighted by Gasteiger charge is 2.30. The quantitative estimate of drug-likeness (QED) is 0.656. The second-order valence-electron chi connectivity index (χ2n) is 7.38. The van der Waals surface area contributed by atoms with Crippen molar-refractivity contribution >= 4 is 17.5 Å². The topological polar surface area (TPSA) is 100 Å². The summed E-state index contributed by atoms with van der Waals surface area (Å²) in [6.45, 7) is 0. The van der Waals surface area contributed by atoms with Crippen LogP contribution in [0, 0.1) is 5.82 Å². The zero-order valence-electron chi connectivity index (χ0n) is 17.2. The first-order valence-electron chi connectivity index (χ1n) is 9.86. The molecule has 160 valence electrons. The van der Waals surface area contributed by atoms with E-state index in [4.69, 9.17) is 4.74 Å². The number of nitrogens with zero attached hydrogens (tertiary/aromatic N) is 3. The highest BCUT2D eigenvalue weighted by molar-refractivity contribution is 6.02. The predicted molar refractivity (Wildman–Crippen MR) is 112 cm³/mol. The van der Waals surface area contributed by atoms with Gasteiger partial charge in [-0.25, -0.2) is 4.39 Å². The second-order valence-corrected chi connectivity index (χ2v) is 7.38. The number of hydrogen-bond acceptors (Lipinski definition) is 5. The van der Waals surface area contributed by atoms with Gasteiger partial charge in [0.05, 0.1) is 12.8 Å². The molecule has 4 rings (SSSR count). The Morgan fingerprint density at radius 1 is 1.29 bits per heavy atom. The zero-order chi connectivity index (χ0) is 22.0. The van der Waals surface area contributed by atoms with Crippen LogP contribution in [0.4, 0.5) is 10.1 Å². The number of anilines is 1. The Hall–Kier alpha value is -3.75. The summed E-state index contributed by atoms with van der Waals surface area (Å²) in [6, 6.07) is 11.0. The van der Waals surface area contributed by atoms with Gasteiger partial charge >= 0.3 is 0 Å². The fraction of sp³-hybridized carbons (Fsp3) is 0.273. The SMILES string of the molecule is COc1ccc2c(c1)N(C)C(=O)C(NC(=O)c1nnc(Cc3cccc(F)c3)[nH]1)CC2. The Morgan fingerprint density at radius 2 is 2.13 bits per heavy atom. The van der Waals surface area contributed by atoms with E-state index < -0.39 is 11.9 Å². The molecule has 1 aliphatic rings. The first-order valence-corrected chi connectivity index (χ1v) is 9.86. The number of carbonyl (C=O) groups excluding carboxylic acids is 2. The summed E-state index contributed by atoms with van der Waals surface area (Å²) in [7, 11) is 3.25. The number of nitrogens with one attached hydrogen (secondary N) is 2. The van der Waals surface area contributed by atoms with Crippen LogP contribution in [-0.4, -0.2) is 47.2 Å². The van der Waals surface area contributed by atoms with Crippen LogP contribution in [0.1, 0.15) is 34.0 Å². The molecule has 0 saturated carbocycles. The van der Waals surface area contributed by atoms with Crippen molar-refractivity contribution in [3.63, 3.8) is 0 Å². The minimum absolute atomic E-state index is 0.00489. The number of H-pyrrole nitrogens is 1. The van der Waals surface area contributed by atoms with Crippen LogP contribution in [-0.2, 0) is 17.6 Å². The van der Waals surface area contributed by atoms with E-state index in [2.05, 4.69) is 20.5 Å². The molecule has 1 unspecified atom stereocenters. The van der Waals surface area contributed by atoms with Gasteiger partial charge in [-0.2, -0.15) is 0 Å². The van der Waals surface area contributed by atoms with Crippen molar-refractivity contribution in [2.45, 2.75) is 25.3 Å². The molecule has 3 aromatic rings. The lowest BCUT2D eigenvalue weighted by atomic mass is 10.1. The van der Waals surface area contributed by atoms with E-state index in [1.807, 2.05) is 18.2 Å². The van der Waals surface area contributed by atoms with Crippen LogP contribution in [0.25, 0.3) is 0 Å². The third kappa shape index (κ3) is 4.40. The lowest BCUT2D eigenvalue weighted by Gasteiger charge is -2.22. The minimum atomic E-state index is -0.701. The maximum atomic E-state index is 13.4. The first-order chi connectivity index (χ1) is 14.9. The number of halogens is 1. The summed E-state index contributed by atoms with van der Waals surface area (Å²) >= 11 is 0. The van der Waals surface area contributed by atoms with Crippen molar-refractivity contribution < 1.29 is 18.7 Å². The van der Waals surface area contributed by atoms with Gasteiger partial charge in [-0.1, -0.05) is 18.2 Å². The first kappa shape index (κ1) is 20.5. The van der Waals surface area contributed by atoms with Gasteiger partial charge in [0.25, 0.3) is 5.91 Å². The number of methoxy groups -OCH3 is 1. The van der Waals surface area contributed by atoms with Crippen LogP contribution in [0.3, 0.4) is 0 Å². The van der Waals surface area contributed by atoms with Crippen molar-refractivity contribution in [2.75, 3.05) is 19.1 Å². The Morgan fingerprint density at radius 3 is 2.90 bits per heavy atom. The zero-order valence-corrected chi connectivity index (χ0v) is 17.2. The van der Waals surface area contributed by atoms with E-state index in [0.29, 0.717) is 36.4 Å². The van der Waals surface area contributed by atoms with E-state index in [1.165, 1.54) is 17.0 Å². The monoisotopic (exact) mass is 423 g/mol. The lowest BCUT2D eigenvalue weighted by molar-refractivity contribution is -0.120. The Labute approximate surface area is 178 Å². The number of aromatic amines is 1. The fourth-order valence-electron chi connectivity index (χ4n) is 3.65. The van der Waals surface area contributed by atoms with Crippen molar-refractivity contribution in [1.82, 2.24) is 20.5 Å². The van der Waals surface area contributed by atoms with Crippen molar-refractivity contribution in [2.24, 2.45) is 0 Å². The number of aromatic nitrogens is 3. The maximum absolute atomic E-state index is 13.4. The molecule has 31 heavy (non-hydrogen) atoms. The summed E-state index contributed by atoms with van der Waals surface area (Å²) in [5.74, 6) is 0.0101. The van der Waals surface area contributed by atoms with Gasteiger partial charge in [0.2, 0.25) is 11.7 Å². The van der Waals surface area contributed by atoms with Gasteiger partial charge in [0, 0.05) is 19.5 Å². The molecule has 0 bridgehead atoms. The molecular weight excluding hydrogens is 401 g/mol. The number of ether oxygens (including phenoxy) is 1. The third-order valence-electron chi connectivity index (χ3n) is 5.30. The molecule has 2 heterocycles. The van der Waals surface area contributed by atoms with Crippen molar-refractivity contribution in [3.05, 3.63) is 71.1 Å². The lowest BCUT2D eigenvalue weighted by Crippen LogP contribution is -2.47. The van der Waals surface area contributed by atoms with Crippen molar-refractivity contribution in [1.29, 1.82) is 0 Å². The van der Waals surface area contributed by atoms with E-state index in [0.717, 1.165) is 11.3 Å². The average molecular weight is 423 g/mol. The molecular formula is C22H22FN5O3. The molecule has 8 nitrogen and oxygen atoms in total. The standard InChI is InChI=1S/C22H22FN5O3/c1-28-18-12-16(31-2)8-6-14(18)7-9-17(22(28)30)24-21(29)20-25-19(26-27-20)11-13-4-3-5-15(23)10-13/h3-6,8,10,12,17H,7,9,11H2,1-2H3,(H,24,29)(H,25,26,27). The molecule has 2 aromatic carbocycles. The Kier molecular flexibility index (Phi) is 5.66. The van der Waals surface area contributed by atoms with Crippen LogP contribution in [0.2, 0.25) is 0 Å². The molecule has 0 fully saturated rings. The van der Waals surface area contributed by atoms with Crippen LogP contribution < -0.4 is 15.0 Å².